The van der Waals surface area contributed by atoms with Crippen LogP contribution in [0.4, 0.5) is 5.13 Å². The van der Waals surface area contributed by atoms with E-state index < -0.39 is 0 Å². The van der Waals surface area contributed by atoms with Gasteiger partial charge in [0.2, 0.25) is 5.13 Å². The first-order valence-electron chi connectivity index (χ1n) is 4.99. The van der Waals surface area contributed by atoms with Crippen LogP contribution >= 0.6 is 11.5 Å². The van der Waals surface area contributed by atoms with Crippen molar-refractivity contribution < 1.29 is 14.3 Å². The number of esters is 1. The van der Waals surface area contributed by atoms with E-state index in [1.54, 1.807) is 0 Å². The first-order valence-corrected chi connectivity index (χ1v) is 5.77. The molecule has 1 unspecified atom stereocenters. The van der Waals surface area contributed by atoms with Crippen molar-refractivity contribution in [1.29, 1.82) is 0 Å². The van der Waals surface area contributed by atoms with Crippen LogP contribution in [-0.4, -0.2) is 48.2 Å². The third-order valence-corrected chi connectivity index (χ3v) is 3.11. The molecular formula is C9H13N3O3S. The summed E-state index contributed by atoms with van der Waals surface area (Å²) in [5.74, 6) is -0.246. The first-order chi connectivity index (χ1) is 7.79. The van der Waals surface area contributed by atoms with E-state index >= 15 is 0 Å². The van der Waals surface area contributed by atoms with Gasteiger partial charge in [0.05, 0.1) is 26.2 Å². The van der Waals surface area contributed by atoms with Crippen LogP contribution in [0.1, 0.15) is 6.42 Å². The number of nitrogens with zero attached hydrogens (tertiary/aromatic N) is 3. The fraction of sp³-hybridized carbons (Fsp3) is 0.667. The Labute approximate surface area is 97.3 Å². The van der Waals surface area contributed by atoms with Gasteiger partial charge in [0.1, 0.15) is 6.33 Å². The summed E-state index contributed by atoms with van der Waals surface area (Å²) in [6.07, 6.45) is 1.70. The number of rotatable bonds is 3. The maximum absolute atomic E-state index is 11.1. The maximum Gasteiger partial charge on any atom is 0.308 e. The van der Waals surface area contributed by atoms with Crippen LogP contribution in [0.25, 0.3) is 0 Å². The topological polar surface area (TPSA) is 64.5 Å². The molecule has 0 saturated carbocycles. The zero-order valence-electron chi connectivity index (χ0n) is 8.96. The fourth-order valence-electron chi connectivity index (χ4n) is 1.59. The molecule has 88 valence electrons. The van der Waals surface area contributed by atoms with Crippen LogP contribution in [0, 0.1) is 0 Å². The van der Waals surface area contributed by atoms with Crippen LogP contribution in [0.5, 0.6) is 0 Å². The summed E-state index contributed by atoms with van der Waals surface area (Å²) in [4.78, 5) is 17.3. The predicted molar refractivity (Wildman–Crippen MR) is 58.5 cm³/mol. The maximum atomic E-state index is 11.1. The Hall–Kier alpha value is -1.21. The van der Waals surface area contributed by atoms with Crippen LogP contribution in [-0.2, 0) is 14.3 Å². The van der Waals surface area contributed by atoms with E-state index in [0.29, 0.717) is 13.2 Å². The zero-order chi connectivity index (χ0) is 11.4. The number of anilines is 1. The van der Waals surface area contributed by atoms with Crippen LogP contribution in [0.3, 0.4) is 0 Å². The van der Waals surface area contributed by atoms with E-state index in [0.717, 1.165) is 11.7 Å². The highest BCUT2D eigenvalue weighted by molar-refractivity contribution is 7.09. The minimum Gasteiger partial charge on any atom is -0.469 e. The summed E-state index contributed by atoms with van der Waals surface area (Å²) in [7, 11) is 1.38. The molecule has 0 spiro atoms. The normalized spacial score (nSPS) is 20.8. The van der Waals surface area contributed by atoms with Crippen molar-refractivity contribution in [3.8, 4) is 0 Å². The monoisotopic (exact) mass is 243 g/mol. The largest absolute Gasteiger partial charge is 0.469 e. The SMILES string of the molecule is COC(=O)CC1CN(c2ncns2)CCO1. The number of hydrogen-bond donors (Lipinski definition) is 0. The third-order valence-electron chi connectivity index (χ3n) is 2.38. The lowest BCUT2D eigenvalue weighted by Crippen LogP contribution is -2.43. The highest BCUT2D eigenvalue weighted by Crippen LogP contribution is 2.19. The molecular weight excluding hydrogens is 230 g/mol. The standard InChI is InChI=1S/C9H13N3O3S/c1-14-8(13)4-7-5-12(2-3-15-7)9-10-6-11-16-9/h6-7H,2-5H2,1H3. The van der Waals surface area contributed by atoms with Crippen LogP contribution in [0.15, 0.2) is 6.33 Å². The van der Waals surface area contributed by atoms with Gasteiger partial charge in [-0.2, -0.15) is 4.37 Å². The lowest BCUT2D eigenvalue weighted by Gasteiger charge is -2.31. The van der Waals surface area contributed by atoms with E-state index in [9.17, 15) is 4.79 Å². The predicted octanol–water partition coefficient (Wildman–Crippen LogP) is 0.306. The molecule has 6 nitrogen and oxygen atoms in total. The number of ether oxygens (including phenoxy) is 2. The molecule has 0 N–H and O–H groups in total. The van der Waals surface area contributed by atoms with Crippen molar-refractivity contribution in [2.45, 2.75) is 12.5 Å². The van der Waals surface area contributed by atoms with E-state index in [2.05, 4.69) is 19.0 Å². The number of carbonyl (C=O) groups is 1. The minimum atomic E-state index is -0.246. The Morgan fingerprint density at radius 3 is 3.38 bits per heavy atom. The molecule has 7 heteroatoms. The molecule has 1 atom stereocenters. The third kappa shape index (κ3) is 2.67. The summed E-state index contributed by atoms with van der Waals surface area (Å²) in [5, 5.41) is 0.873. The lowest BCUT2D eigenvalue weighted by molar-refractivity contribution is -0.144. The van der Waals surface area contributed by atoms with Gasteiger partial charge in [-0.15, -0.1) is 0 Å². The van der Waals surface area contributed by atoms with Crippen molar-refractivity contribution in [2.24, 2.45) is 0 Å². The average Bonchev–Trinajstić information content (AvgIpc) is 2.83. The average molecular weight is 243 g/mol. The molecule has 16 heavy (non-hydrogen) atoms. The Morgan fingerprint density at radius 1 is 1.81 bits per heavy atom. The fourth-order valence-corrected chi connectivity index (χ4v) is 2.16. The quantitative estimate of drug-likeness (QED) is 0.712. The Bertz CT molecular complexity index is 344. The molecule has 0 aromatic carbocycles. The van der Waals surface area contributed by atoms with Gasteiger partial charge in [0, 0.05) is 24.6 Å². The number of hydrogen-bond acceptors (Lipinski definition) is 7. The van der Waals surface area contributed by atoms with Crippen LogP contribution in [0.2, 0.25) is 0 Å². The molecule has 0 bridgehead atoms. The number of carbonyl (C=O) groups excluding carboxylic acids is 1. The summed E-state index contributed by atoms with van der Waals surface area (Å²) in [6.45, 7) is 2.04. The molecule has 0 amide bonds. The number of methoxy groups -OCH3 is 1. The van der Waals surface area contributed by atoms with E-state index in [-0.39, 0.29) is 18.5 Å². The summed E-state index contributed by atoms with van der Waals surface area (Å²) in [6, 6.07) is 0. The summed E-state index contributed by atoms with van der Waals surface area (Å²) in [5.41, 5.74) is 0. The molecule has 1 aliphatic heterocycles. The van der Waals surface area contributed by atoms with E-state index in [1.807, 2.05) is 0 Å². The molecule has 2 rings (SSSR count). The summed E-state index contributed by atoms with van der Waals surface area (Å²) >= 11 is 1.35. The van der Waals surface area contributed by atoms with Gasteiger partial charge >= 0.3 is 5.97 Å². The van der Waals surface area contributed by atoms with E-state index in [4.69, 9.17) is 4.74 Å². The van der Waals surface area contributed by atoms with Gasteiger partial charge in [-0.1, -0.05) is 0 Å². The van der Waals surface area contributed by atoms with Crippen LogP contribution < -0.4 is 4.90 Å². The van der Waals surface area contributed by atoms with Gasteiger partial charge in [-0.3, -0.25) is 4.79 Å². The molecule has 2 heterocycles. The van der Waals surface area contributed by atoms with Crippen molar-refractivity contribution in [3.05, 3.63) is 6.33 Å². The molecule has 1 aliphatic rings. The van der Waals surface area contributed by atoms with Gasteiger partial charge in [-0.25, -0.2) is 4.98 Å². The second-order valence-corrected chi connectivity index (χ2v) is 4.20. The second kappa shape index (κ2) is 5.22. The molecule has 0 radical (unpaired) electrons. The van der Waals surface area contributed by atoms with Gasteiger partial charge in [0.25, 0.3) is 0 Å². The smallest absolute Gasteiger partial charge is 0.308 e. The van der Waals surface area contributed by atoms with Gasteiger partial charge in [0.15, 0.2) is 0 Å². The van der Waals surface area contributed by atoms with Crippen molar-refractivity contribution in [3.63, 3.8) is 0 Å². The Balaban J connectivity index is 1.91. The highest BCUT2D eigenvalue weighted by Gasteiger charge is 2.24. The molecule has 0 aliphatic carbocycles. The van der Waals surface area contributed by atoms with E-state index in [1.165, 1.54) is 25.0 Å². The van der Waals surface area contributed by atoms with Crippen molar-refractivity contribution in [2.75, 3.05) is 31.7 Å². The van der Waals surface area contributed by atoms with Gasteiger partial charge < -0.3 is 14.4 Å². The minimum absolute atomic E-state index is 0.120. The van der Waals surface area contributed by atoms with Gasteiger partial charge in [-0.05, 0) is 0 Å². The highest BCUT2D eigenvalue weighted by atomic mass is 32.1. The first kappa shape index (κ1) is 11.3. The van der Waals surface area contributed by atoms with Crippen molar-refractivity contribution in [1.82, 2.24) is 9.36 Å². The molecule has 1 fully saturated rings. The Kier molecular flexibility index (Phi) is 3.68. The Morgan fingerprint density at radius 2 is 2.69 bits per heavy atom. The molecule has 1 saturated heterocycles. The number of aromatic nitrogens is 2. The molecule has 1 aromatic heterocycles. The summed E-state index contributed by atoms with van der Waals surface area (Å²) < 4.78 is 14.1. The molecule has 1 aromatic rings. The zero-order valence-corrected chi connectivity index (χ0v) is 9.77. The second-order valence-electron chi connectivity index (χ2n) is 3.44. The lowest BCUT2D eigenvalue weighted by atomic mass is 10.2. The number of morpholine rings is 1. The van der Waals surface area contributed by atoms with Crippen molar-refractivity contribution >= 4 is 22.6 Å².